The van der Waals surface area contributed by atoms with Crippen LogP contribution in [0.15, 0.2) is 0 Å². The van der Waals surface area contributed by atoms with Gasteiger partial charge in [0.1, 0.15) is 5.72 Å². The third-order valence-corrected chi connectivity index (χ3v) is 5.52. The van der Waals surface area contributed by atoms with Crippen LogP contribution in [0.5, 0.6) is 0 Å². The monoisotopic (exact) mass is 280 g/mol. The van der Waals surface area contributed by atoms with Crippen LogP contribution in [0.1, 0.15) is 66.7 Å². The van der Waals surface area contributed by atoms with Gasteiger partial charge in [-0.05, 0) is 53.5 Å². The molecule has 0 aromatic carbocycles. The van der Waals surface area contributed by atoms with Crippen molar-refractivity contribution in [3.05, 3.63) is 0 Å². The summed E-state index contributed by atoms with van der Waals surface area (Å²) in [5.74, 6) is 0.120. The lowest BCUT2D eigenvalue weighted by atomic mass is 9.70. The van der Waals surface area contributed by atoms with E-state index in [0.717, 1.165) is 38.6 Å². The summed E-state index contributed by atoms with van der Waals surface area (Å²) >= 11 is 0. The summed E-state index contributed by atoms with van der Waals surface area (Å²) in [6.45, 7) is 12.2. The van der Waals surface area contributed by atoms with E-state index in [4.69, 9.17) is 4.74 Å². The van der Waals surface area contributed by atoms with Crippen molar-refractivity contribution in [2.24, 2.45) is 0 Å². The third kappa shape index (κ3) is 1.84. The number of piperidine rings is 1. The number of nitrogens with zero attached hydrogens (tertiary/aromatic N) is 1. The van der Waals surface area contributed by atoms with Crippen molar-refractivity contribution in [3.8, 4) is 0 Å². The molecule has 0 aromatic heterocycles. The topological polar surface area (TPSA) is 41.6 Å². The minimum atomic E-state index is -0.626. The van der Waals surface area contributed by atoms with Gasteiger partial charge in [0.05, 0.1) is 0 Å². The highest BCUT2D eigenvalue weighted by molar-refractivity contribution is 5.88. The summed E-state index contributed by atoms with van der Waals surface area (Å²) in [6, 6.07) is 0. The molecule has 2 spiro atoms. The first-order valence-electron chi connectivity index (χ1n) is 7.95. The molecule has 4 nitrogen and oxygen atoms in total. The van der Waals surface area contributed by atoms with E-state index >= 15 is 0 Å². The van der Waals surface area contributed by atoms with Crippen LogP contribution in [-0.4, -0.2) is 39.8 Å². The Kier molecular flexibility index (Phi) is 2.85. The molecule has 0 unspecified atom stereocenters. The van der Waals surface area contributed by atoms with E-state index < -0.39 is 5.60 Å². The fourth-order valence-corrected chi connectivity index (χ4v) is 5.05. The van der Waals surface area contributed by atoms with Crippen LogP contribution in [0.2, 0.25) is 0 Å². The average Bonchev–Trinajstić information content (AvgIpc) is 2.48. The molecule has 1 N–H and O–H groups in total. The lowest BCUT2D eigenvalue weighted by molar-refractivity contribution is -0.202. The van der Waals surface area contributed by atoms with Crippen LogP contribution in [0.25, 0.3) is 0 Å². The van der Waals surface area contributed by atoms with E-state index in [2.05, 4.69) is 44.8 Å². The number of ether oxygens (including phenoxy) is 1. The fourth-order valence-electron chi connectivity index (χ4n) is 5.05. The average molecular weight is 280 g/mol. The molecule has 114 valence electrons. The molecule has 2 saturated heterocycles. The Morgan fingerprint density at radius 2 is 1.70 bits per heavy atom. The minimum Gasteiger partial charge on any atom is -0.339 e. The normalized spacial score (nSPS) is 33.1. The summed E-state index contributed by atoms with van der Waals surface area (Å²) in [5.41, 5.74) is -1.01. The summed E-state index contributed by atoms with van der Waals surface area (Å²) in [6.07, 6.45) is 4.66. The Hall–Kier alpha value is -0.610. The van der Waals surface area contributed by atoms with Gasteiger partial charge < -0.3 is 10.1 Å². The number of hydrogen-bond donors (Lipinski definition) is 1. The highest BCUT2D eigenvalue weighted by Crippen LogP contribution is 2.52. The van der Waals surface area contributed by atoms with Gasteiger partial charge in [-0.15, -0.1) is 0 Å². The minimum absolute atomic E-state index is 0.0247. The Balaban J connectivity index is 1.94. The second kappa shape index (κ2) is 3.98. The Labute approximate surface area is 122 Å². The quantitative estimate of drug-likeness (QED) is 0.802. The predicted molar refractivity (Wildman–Crippen MR) is 78.3 cm³/mol. The van der Waals surface area contributed by atoms with Crippen LogP contribution in [0.3, 0.4) is 0 Å². The number of nitrogens with one attached hydrogen (secondary N) is 1. The smallest absolute Gasteiger partial charge is 0.254 e. The number of hydrogen-bond acceptors (Lipinski definition) is 3. The van der Waals surface area contributed by atoms with Gasteiger partial charge in [0.2, 0.25) is 0 Å². The van der Waals surface area contributed by atoms with Crippen molar-refractivity contribution in [1.29, 1.82) is 0 Å². The summed E-state index contributed by atoms with van der Waals surface area (Å²) in [7, 11) is 0. The van der Waals surface area contributed by atoms with E-state index in [9.17, 15) is 4.79 Å². The molecular formula is C16H28N2O2. The molecule has 3 fully saturated rings. The number of rotatable bonds is 1. The molecule has 1 amide bonds. The first-order valence-corrected chi connectivity index (χ1v) is 7.95. The molecule has 3 rings (SSSR count). The highest BCUT2D eigenvalue weighted by atomic mass is 16.6. The molecular weight excluding hydrogens is 252 g/mol. The van der Waals surface area contributed by atoms with Gasteiger partial charge in [-0.2, -0.15) is 0 Å². The zero-order chi connectivity index (χ0) is 14.8. The predicted octanol–water partition coefficient (Wildman–Crippen LogP) is 2.42. The molecule has 3 aliphatic rings. The number of amides is 1. The largest absolute Gasteiger partial charge is 0.339 e. The molecule has 0 aromatic rings. The molecule has 2 aliphatic heterocycles. The first-order chi connectivity index (χ1) is 9.15. The third-order valence-electron chi connectivity index (χ3n) is 5.52. The molecule has 0 bridgehead atoms. The lowest BCUT2D eigenvalue weighted by Crippen LogP contribution is -2.67. The summed E-state index contributed by atoms with van der Waals surface area (Å²) in [5, 5.41) is 3.16. The van der Waals surface area contributed by atoms with Gasteiger partial charge in [-0.3, -0.25) is 9.69 Å². The van der Waals surface area contributed by atoms with Crippen LogP contribution in [-0.2, 0) is 9.53 Å². The van der Waals surface area contributed by atoms with E-state index in [1.165, 1.54) is 0 Å². The molecule has 4 heteroatoms. The zero-order valence-electron chi connectivity index (χ0n) is 13.5. The SMILES string of the molecule is CCN1C(C)(C)CC2(CC1(C)C)OC1(CCC1)NC2=O. The summed E-state index contributed by atoms with van der Waals surface area (Å²) < 4.78 is 6.40. The Bertz CT molecular complexity index is 420. The van der Waals surface area contributed by atoms with Gasteiger partial charge in [0.25, 0.3) is 5.91 Å². The van der Waals surface area contributed by atoms with E-state index in [1.807, 2.05) is 0 Å². The molecule has 20 heavy (non-hydrogen) atoms. The van der Waals surface area contributed by atoms with Gasteiger partial charge >= 0.3 is 0 Å². The molecule has 0 radical (unpaired) electrons. The maximum Gasteiger partial charge on any atom is 0.254 e. The maximum atomic E-state index is 12.7. The standard InChI is InChI=1S/C16H28N2O2/c1-6-18-13(2,3)10-15(11-14(18,4)5)12(19)17-16(20-15)8-7-9-16/h6-11H2,1-5H3,(H,17,19). The van der Waals surface area contributed by atoms with E-state index in [-0.39, 0.29) is 22.7 Å². The molecule has 2 heterocycles. The van der Waals surface area contributed by atoms with Crippen LogP contribution < -0.4 is 5.32 Å². The van der Waals surface area contributed by atoms with Crippen molar-refractivity contribution in [1.82, 2.24) is 10.2 Å². The van der Waals surface area contributed by atoms with Gasteiger partial charge in [-0.25, -0.2) is 0 Å². The maximum absolute atomic E-state index is 12.7. The van der Waals surface area contributed by atoms with Crippen LogP contribution >= 0.6 is 0 Å². The lowest BCUT2D eigenvalue weighted by Gasteiger charge is -2.57. The van der Waals surface area contributed by atoms with E-state index in [0.29, 0.717) is 0 Å². The second-order valence-electron chi connectivity index (χ2n) is 8.12. The highest BCUT2D eigenvalue weighted by Gasteiger charge is 2.64. The second-order valence-corrected chi connectivity index (χ2v) is 8.12. The Morgan fingerprint density at radius 3 is 2.05 bits per heavy atom. The zero-order valence-corrected chi connectivity index (χ0v) is 13.5. The van der Waals surface area contributed by atoms with Crippen LogP contribution in [0, 0.1) is 0 Å². The van der Waals surface area contributed by atoms with E-state index in [1.54, 1.807) is 0 Å². The number of carbonyl (C=O) groups is 1. The number of carbonyl (C=O) groups excluding carboxylic acids is 1. The van der Waals surface area contributed by atoms with Crippen molar-refractivity contribution in [2.75, 3.05) is 6.54 Å². The summed E-state index contributed by atoms with van der Waals surface area (Å²) in [4.78, 5) is 15.2. The molecule has 1 saturated carbocycles. The van der Waals surface area contributed by atoms with Gasteiger partial charge in [0.15, 0.2) is 5.60 Å². The van der Waals surface area contributed by atoms with Gasteiger partial charge in [0, 0.05) is 23.9 Å². The fraction of sp³-hybridized carbons (Fsp3) is 0.938. The first kappa shape index (κ1) is 14.3. The van der Waals surface area contributed by atoms with Gasteiger partial charge in [-0.1, -0.05) is 6.92 Å². The van der Waals surface area contributed by atoms with Crippen molar-refractivity contribution >= 4 is 5.91 Å². The molecule has 0 atom stereocenters. The number of likely N-dealkylation sites (tertiary alicyclic amines) is 1. The van der Waals surface area contributed by atoms with Crippen molar-refractivity contribution < 1.29 is 9.53 Å². The Morgan fingerprint density at radius 1 is 1.15 bits per heavy atom. The van der Waals surface area contributed by atoms with Crippen molar-refractivity contribution in [2.45, 2.75) is 89.1 Å². The molecule has 1 aliphatic carbocycles. The van der Waals surface area contributed by atoms with Crippen molar-refractivity contribution in [3.63, 3.8) is 0 Å². The van der Waals surface area contributed by atoms with Crippen LogP contribution in [0.4, 0.5) is 0 Å².